The number of sulfonamides is 1. The molecule has 0 fully saturated rings. The van der Waals surface area contributed by atoms with Gasteiger partial charge in [-0.1, -0.05) is 6.07 Å². The van der Waals surface area contributed by atoms with Gasteiger partial charge in [-0.3, -0.25) is 0 Å². The third-order valence-electron chi connectivity index (χ3n) is 4.38. The van der Waals surface area contributed by atoms with Gasteiger partial charge >= 0.3 is 5.97 Å². The fourth-order valence-corrected chi connectivity index (χ4v) is 4.41. The van der Waals surface area contributed by atoms with E-state index in [0.29, 0.717) is 12.0 Å². The van der Waals surface area contributed by atoms with E-state index in [1.807, 2.05) is 6.92 Å². The van der Waals surface area contributed by atoms with Crippen molar-refractivity contribution in [3.8, 4) is 5.75 Å². The predicted octanol–water partition coefficient (Wildman–Crippen LogP) is 2.34. The van der Waals surface area contributed by atoms with E-state index >= 15 is 0 Å². The zero-order chi connectivity index (χ0) is 18.9. The Labute approximate surface area is 150 Å². The summed E-state index contributed by atoms with van der Waals surface area (Å²) in [5.41, 5.74) is 2.24. The molecule has 0 unspecified atom stereocenters. The van der Waals surface area contributed by atoms with Gasteiger partial charge in [0.2, 0.25) is 10.0 Å². The first-order valence-electron chi connectivity index (χ1n) is 8.00. The summed E-state index contributed by atoms with van der Waals surface area (Å²) in [5, 5.41) is 8.59. The first-order valence-corrected chi connectivity index (χ1v) is 9.44. The summed E-state index contributed by atoms with van der Waals surface area (Å²) in [4.78, 5) is 10.6. The number of aryl methyl sites for hydroxylation is 1. The SMILES string of the molecule is Cc1ccc(F)c2c1CCN(S(=O)(=O)c1ccc(OCC(=O)O)cc1)C2. The van der Waals surface area contributed by atoms with Crippen LogP contribution in [0.15, 0.2) is 41.3 Å². The number of carboxylic acid groups (broad SMARTS) is 1. The monoisotopic (exact) mass is 379 g/mol. The van der Waals surface area contributed by atoms with Crippen molar-refractivity contribution in [2.75, 3.05) is 13.2 Å². The molecular formula is C18H18FNO5S. The van der Waals surface area contributed by atoms with Crippen LogP contribution in [0.5, 0.6) is 5.75 Å². The number of carbonyl (C=O) groups is 1. The highest BCUT2D eigenvalue weighted by molar-refractivity contribution is 7.89. The predicted molar refractivity (Wildman–Crippen MR) is 92.0 cm³/mol. The minimum atomic E-state index is -3.79. The lowest BCUT2D eigenvalue weighted by Gasteiger charge is -2.29. The number of rotatable bonds is 5. The van der Waals surface area contributed by atoms with Crippen LogP contribution >= 0.6 is 0 Å². The lowest BCUT2D eigenvalue weighted by molar-refractivity contribution is -0.139. The molecule has 1 aliphatic rings. The van der Waals surface area contributed by atoms with E-state index < -0.39 is 28.4 Å². The number of benzene rings is 2. The summed E-state index contributed by atoms with van der Waals surface area (Å²) in [6, 6.07) is 8.58. The van der Waals surface area contributed by atoms with E-state index in [0.717, 1.165) is 11.1 Å². The van der Waals surface area contributed by atoms with Crippen LogP contribution in [0, 0.1) is 12.7 Å². The summed E-state index contributed by atoms with van der Waals surface area (Å²) < 4.78 is 46.1. The maximum Gasteiger partial charge on any atom is 0.341 e. The van der Waals surface area contributed by atoms with Crippen LogP contribution in [0.3, 0.4) is 0 Å². The van der Waals surface area contributed by atoms with Crippen molar-refractivity contribution in [3.05, 3.63) is 58.9 Å². The summed E-state index contributed by atoms with van der Waals surface area (Å²) in [7, 11) is -3.79. The molecule has 0 radical (unpaired) electrons. The molecule has 0 saturated carbocycles. The van der Waals surface area contributed by atoms with Crippen molar-refractivity contribution in [2.24, 2.45) is 0 Å². The molecule has 0 amide bonds. The molecule has 3 rings (SSSR count). The van der Waals surface area contributed by atoms with Crippen LogP contribution in [0.4, 0.5) is 4.39 Å². The van der Waals surface area contributed by atoms with Crippen molar-refractivity contribution in [1.29, 1.82) is 0 Å². The molecule has 138 valence electrons. The molecule has 1 N–H and O–H groups in total. The minimum Gasteiger partial charge on any atom is -0.482 e. The number of aliphatic carboxylic acids is 1. The number of hydrogen-bond donors (Lipinski definition) is 1. The fraction of sp³-hybridized carbons (Fsp3) is 0.278. The molecular weight excluding hydrogens is 361 g/mol. The average molecular weight is 379 g/mol. The normalized spacial score (nSPS) is 14.7. The standard InChI is InChI=1S/C18H18FNO5S/c1-12-2-7-17(19)16-10-20(9-8-15(12)16)26(23,24)14-5-3-13(4-6-14)25-11-18(21)22/h2-7H,8-11H2,1H3,(H,21,22). The van der Waals surface area contributed by atoms with E-state index in [1.54, 1.807) is 6.07 Å². The molecule has 0 spiro atoms. The minimum absolute atomic E-state index is 0.0115. The molecule has 2 aromatic rings. The maximum absolute atomic E-state index is 14.1. The van der Waals surface area contributed by atoms with Gasteiger partial charge in [0.15, 0.2) is 6.61 Å². The highest BCUT2D eigenvalue weighted by atomic mass is 32.2. The number of carboxylic acids is 1. The quantitative estimate of drug-likeness (QED) is 0.862. The molecule has 2 aromatic carbocycles. The van der Waals surface area contributed by atoms with Gasteiger partial charge in [0.1, 0.15) is 11.6 Å². The zero-order valence-electron chi connectivity index (χ0n) is 14.1. The van der Waals surface area contributed by atoms with Crippen LogP contribution in [0.25, 0.3) is 0 Å². The second-order valence-corrected chi connectivity index (χ2v) is 8.00. The number of hydrogen-bond acceptors (Lipinski definition) is 4. The highest BCUT2D eigenvalue weighted by Gasteiger charge is 2.30. The Morgan fingerprint density at radius 1 is 1.19 bits per heavy atom. The zero-order valence-corrected chi connectivity index (χ0v) is 14.9. The molecule has 0 aliphatic carbocycles. The second-order valence-electron chi connectivity index (χ2n) is 6.06. The molecule has 1 heterocycles. The summed E-state index contributed by atoms with van der Waals surface area (Å²) in [5.74, 6) is -1.26. The molecule has 0 aromatic heterocycles. The topological polar surface area (TPSA) is 83.9 Å². The van der Waals surface area contributed by atoms with Crippen molar-refractivity contribution in [2.45, 2.75) is 24.8 Å². The molecule has 0 saturated heterocycles. The Morgan fingerprint density at radius 2 is 1.88 bits per heavy atom. The van der Waals surface area contributed by atoms with Gasteiger partial charge in [0.05, 0.1) is 4.90 Å². The van der Waals surface area contributed by atoms with E-state index in [4.69, 9.17) is 9.84 Å². The van der Waals surface area contributed by atoms with E-state index in [-0.39, 0.29) is 23.7 Å². The Bertz CT molecular complexity index is 941. The third-order valence-corrected chi connectivity index (χ3v) is 6.24. The first-order chi connectivity index (χ1) is 12.3. The van der Waals surface area contributed by atoms with Crippen LogP contribution in [0.2, 0.25) is 0 Å². The summed E-state index contributed by atoms with van der Waals surface area (Å²) in [6.07, 6.45) is 0.456. The van der Waals surface area contributed by atoms with Crippen molar-refractivity contribution < 1.29 is 27.4 Å². The number of fused-ring (bicyclic) bond motifs is 1. The lowest BCUT2D eigenvalue weighted by Crippen LogP contribution is -2.36. The largest absolute Gasteiger partial charge is 0.482 e. The Kier molecular flexibility index (Phi) is 4.97. The molecule has 0 atom stereocenters. The Hall–Kier alpha value is -2.45. The third kappa shape index (κ3) is 3.56. The Morgan fingerprint density at radius 3 is 2.54 bits per heavy atom. The van der Waals surface area contributed by atoms with Crippen LogP contribution in [-0.2, 0) is 27.8 Å². The van der Waals surface area contributed by atoms with Gasteiger partial charge in [-0.2, -0.15) is 4.31 Å². The van der Waals surface area contributed by atoms with Gasteiger partial charge < -0.3 is 9.84 Å². The molecule has 6 nitrogen and oxygen atoms in total. The van der Waals surface area contributed by atoms with E-state index in [1.165, 1.54) is 34.6 Å². The summed E-state index contributed by atoms with van der Waals surface area (Å²) >= 11 is 0. The highest BCUT2D eigenvalue weighted by Crippen LogP contribution is 2.29. The van der Waals surface area contributed by atoms with Gasteiger partial charge in [0, 0.05) is 18.7 Å². The van der Waals surface area contributed by atoms with E-state index in [2.05, 4.69) is 0 Å². The smallest absolute Gasteiger partial charge is 0.341 e. The molecule has 8 heteroatoms. The van der Waals surface area contributed by atoms with Gasteiger partial charge in [-0.15, -0.1) is 0 Å². The molecule has 0 bridgehead atoms. The van der Waals surface area contributed by atoms with Crippen LogP contribution in [0.1, 0.15) is 16.7 Å². The van der Waals surface area contributed by atoms with Gasteiger partial charge in [-0.05, 0) is 54.8 Å². The molecule has 26 heavy (non-hydrogen) atoms. The van der Waals surface area contributed by atoms with Crippen molar-refractivity contribution >= 4 is 16.0 Å². The Balaban J connectivity index is 1.82. The average Bonchev–Trinajstić information content (AvgIpc) is 2.63. The lowest BCUT2D eigenvalue weighted by atomic mass is 9.96. The summed E-state index contributed by atoms with van der Waals surface area (Å²) in [6.45, 7) is 1.64. The first kappa shape index (κ1) is 18.3. The van der Waals surface area contributed by atoms with Crippen molar-refractivity contribution in [3.63, 3.8) is 0 Å². The van der Waals surface area contributed by atoms with Gasteiger partial charge in [0.25, 0.3) is 0 Å². The van der Waals surface area contributed by atoms with E-state index in [9.17, 15) is 17.6 Å². The number of halogens is 1. The number of nitrogens with zero attached hydrogens (tertiary/aromatic N) is 1. The molecule has 1 aliphatic heterocycles. The van der Waals surface area contributed by atoms with Crippen LogP contribution in [-0.4, -0.2) is 37.0 Å². The maximum atomic E-state index is 14.1. The number of ether oxygens (including phenoxy) is 1. The second kappa shape index (κ2) is 7.05. The van der Waals surface area contributed by atoms with Crippen molar-refractivity contribution in [1.82, 2.24) is 4.31 Å². The fourth-order valence-electron chi connectivity index (χ4n) is 3.00. The van der Waals surface area contributed by atoms with Gasteiger partial charge in [-0.25, -0.2) is 17.6 Å². The van der Waals surface area contributed by atoms with Crippen LogP contribution < -0.4 is 4.74 Å².